The predicted octanol–water partition coefficient (Wildman–Crippen LogP) is 3.34. The summed E-state index contributed by atoms with van der Waals surface area (Å²) in [6, 6.07) is 3.75. The first kappa shape index (κ1) is 11.0. The molecule has 0 atom stereocenters. The molecular formula is C12H8IN3. The standard InChI is InChI=1S/C12H8IN3/c13-4-3-10-9(7-14)1-2-12-11(10)8-15-5-6-16-12/h1-5,7-8,14H/b4-3-,14-7?. The van der Waals surface area contributed by atoms with Gasteiger partial charge in [0, 0.05) is 29.4 Å². The molecular weight excluding hydrogens is 313 g/mol. The Hall–Kier alpha value is -1.52. The van der Waals surface area contributed by atoms with Crippen LogP contribution in [-0.4, -0.2) is 18.3 Å². The van der Waals surface area contributed by atoms with Crippen LogP contribution in [0.5, 0.6) is 0 Å². The van der Waals surface area contributed by atoms with Crippen molar-refractivity contribution in [3.63, 3.8) is 0 Å². The van der Waals surface area contributed by atoms with Crippen LogP contribution >= 0.6 is 22.6 Å². The van der Waals surface area contributed by atoms with Crippen molar-refractivity contribution in [2.75, 3.05) is 0 Å². The SMILES string of the molecule is N=Cc1ccc2c(c1/C=C\I)C=NC=C=N2. The third-order valence-electron chi connectivity index (χ3n) is 2.20. The summed E-state index contributed by atoms with van der Waals surface area (Å²) in [5.74, 6) is 2.73. The van der Waals surface area contributed by atoms with Crippen LogP contribution in [0.15, 0.2) is 32.4 Å². The molecule has 2 rings (SSSR count). The highest BCUT2D eigenvalue weighted by atomic mass is 127. The minimum Gasteiger partial charge on any atom is -0.308 e. The number of hydrogen-bond donors (Lipinski definition) is 1. The number of hydrogen-bond acceptors (Lipinski definition) is 3. The molecule has 16 heavy (non-hydrogen) atoms. The van der Waals surface area contributed by atoms with Gasteiger partial charge in [0.1, 0.15) is 0 Å². The number of aliphatic imine (C=N–C) groups is 2. The average molecular weight is 321 g/mol. The van der Waals surface area contributed by atoms with E-state index >= 15 is 0 Å². The van der Waals surface area contributed by atoms with Crippen molar-refractivity contribution in [1.29, 1.82) is 5.41 Å². The van der Waals surface area contributed by atoms with Crippen LogP contribution in [-0.2, 0) is 0 Å². The van der Waals surface area contributed by atoms with E-state index in [0.29, 0.717) is 0 Å². The molecule has 0 amide bonds. The molecule has 3 nitrogen and oxygen atoms in total. The molecule has 0 saturated heterocycles. The van der Waals surface area contributed by atoms with Gasteiger partial charge in [0.15, 0.2) is 0 Å². The van der Waals surface area contributed by atoms with E-state index in [4.69, 9.17) is 5.41 Å². The molecule has 0 spiro atoms. The molecule has 0 aliphatic carbocycles. The highest BCUT2D eigenvalue weighted by Crippen LogP contribution is 2.26. The number of benzene rings is 1. The van der Waals surface area contributed by atoms with Crippen LogP contribution in [0.4, 0.5) is 5.69 Å². The van der Waals surface area contributed by atoms with Gasteiger partial charge in [-0.05, 0) is 21.8 Å². The van der Waals surface area contributed by atoms with Gasteiger partial charge in [-0.3, -0.25) is 4.99 Å². The maximum atomic E-state index is 7.38. The molecule has 0 fully saturated rings. The second-order valence-electron chi connectivity index (χ2n) is 3.09. The zero-order valence-corrected chi connectivity index (χ0v) is 10.5. The van der Waals surface area contributed by atoms with Gasteiger partial charge < -0.3 is 5.41 Å². The van der Waals surface area contributed by atoms with Crippen molar-refractivity contribution in [1.82, 2.24) is 0 Å². The largest absolute Gasteiger partial charge is 0.308 e. The number of rotatable bonds is 2. The fourth-order valence-electron chi connectivity index (χ4n) is 1.49. The summed E-state index contributed by atoms with van der Waals surface area (Å²) in [4.78, 5) is 8.23. The fraction of sp³-hybridized carbons (Fsp3) is 0. The second kappa shape index (κ2) is 5.01. The van der Waals surface area contributed by atoms with Gasteiger partial charge >= 0.3 is 0 Å². The normalized spacial score (nSPS) is 12.8. The van der Waals surface area contributed by atoms with E-state index in [0.717, 1.165) is 22.4 Å². The first-order valence-electron chi connectivity index (χ1n) is 4.62. The maximum absolute atomic E-state index is 7.38. The Balaban J connectivity index is 2.74. The first-order valence-corrected chi connectivity index (χ1v) is 5.86. The molecule has 0 radical (unpaired) electrons. The quantitative estimate of drug-likeness (QED) is 0.642. The predicted molar refractivity (Wildman–Crippen MR) is 76.6 cm³/mol. The van der Waals surface area contributed by atoms with Crippen LogP contribution in [0.25, 0.3) is 6.08 Å². The summed E-state index contributed by atoms with van der Waals surface area (Å²) in [5, 5.41) is 7.38. The van der Waals surface area contributed by atoms with Gasteiger partial charge in [-0.2, -0.15) is 0 Å². The molecule has 0 saturated carbocycles. The van der Waals surface area contributed by atoms with E-state index in [1.165, 1.54) is 12.4 Å². The summed E-state index contributed by atoms with van der Waals surface area (Å²) < 4.78 is 1.91. The smallest absolute Gasteiger partial charge is 0.0882 e. The van der Waals surface area contributed by atoms with E-state index in [-0.39, 0.29) is 0 Å². The number of halogens is 1. The van der Waals surface area contributed by atoms with Gasteiger partial charge in [-0.25, -0.2) is 4.99 Å². The highest BCUT2D eigenvalue weighted by Gasteiger charge is 2.08. The van der Waals surface area contributed by atoms with Gasteiger partial charge in [0.2, 0.25) is 0 Å². The number of nitrogens with zero attached hydrogens (tertiary/aromatic N) is 2. The van der Waals surface area contributed by atoms with Crippen molar-refractivity contribution < 1.29 is 0 Å². The minimum atomic E-state index is 0.826. The van der Waals surface area contributed by atoms with Crippen molar-refractivity contribution >= 4 is 52.7 Å². The molecule has 0 aromatic heterocycles. The van der Waals surface area contributed by atoms with Crippen molar-refractivity contribution in [3.05, 3.63) is 39.1 Å². The first-order chi connectivity index (χ1) is 7.86. The van der Waals surface area contributed by atoms with Gasteiger partial charge in [-0.1, -0.05) is 28.7 Å². The van der Waals surface area contributed by atoms with Gasteiger partial charge in [-0.15, -0.1) is 0 Å². The van der Waals surface area contributed by atoms with E-state index in [1.54, 1.807) is 6.21 Å². The van der Waals surface area contributed by atoms with E-state index in [9.17, 15) is 0 Å². The van der Waals surface area contributed by atoms with Crippen LogP contribution in [0, 0.1) is 5.41 Å². The Morgan fingerprint density at radius 2 is 2.25 bits per heavy atom. The molecule has 1 aromatic carbocycles. The van der Waals surface area contributed by atoms with Crippen LogP contribution in [0.3, 0.4) is 0 Å². The molecule has 1 aromatic rings. The Labute approximate surface area is 107 Å². The Morgan fingerprint density at radius 3 is 3.00 bits per heavy atom. The van der Waals surface area contributed by atoms with Crippen molar-refractivity contribution in [2.45, 2.75) is 0 Å². The zero-order chi connectivity index (χ0) is 11.4. The molecule has 0 unspecified atom stereocenters. The lowest BCUT2D eigenvalue weighted by Crippen LogP contribution is -1.94. The highest BCUT2D eigenvalue weighted by molar-refractivity contribution is 14.1. The molecule has 1 heterocycles. The lowest BCUT2D eigenvalue weighted by molar-refractivity contribution is 1.48. The number of nitrogens with one attached hydrogen (secondary N) is 1. The van der Waals surface area contributed by atoms with Gasteiger partial charge in [0.05, 0.1) is 11.9 Å². The molecule has 1 aliphatic heterocycles. The third-order valence-corrected chi connectivity index (χ3v) is 2.56. The summed E-state index contributed by atoms with van der Waals surface area (Å²) in [7, 11) is 0. The lowest BCUT2D eigenvalue weighted by Gasteiger charge is -2.06. The van der Waals surface area contributed by atoms with E-state index in [2.05, 4.69) is 38.4 Å². The third kappa shape index (κ3) is 2.03. The lowest BCUT2D eigenvalue weighted by atomic mass is 10.0. The molecule has 1 aliphatic rings. The fourth-order valence-corrected chi connectivity index (χ4v) is 1.85. The van der Waals surface area contributed by atoms with Crippen LogP contribution < -0.4 is 0 Å². The van der Waals surface area contributed by atoms with E-state index < -0.39 is 0 Å². The van der Waals surface area contributed by atoms with E-state index in [1.807, 2.05) is 22.3 Å². The monoisotopic (exact) mass is 321 g/mol. The molecule has 0 bridgehead atoms. The van der Waals surface area contributed by atoms with Crippen LogP contribution in [0.2, 0.25) is 0 Å². The Kier molecular flexibility index (Phi) is 3.44. The average Bonchev–Trinajstić information content (AvgIpc) is 2.55. The molecule has 78 valence electrons. The summed E-state index contributed by atoms with van der Waals surface area (Å²) in [5.41, 5.74) is 3.57. The Bertz CT molecular complexity index is 550. The van der Waals surface area contributed by atoms with Crippen molar-refractivity contribution in [2.24, 2.45) is 9.98 Å². The van der Waals surface area contributed by atoms with Crippen molar-refractivity contribution in [3.8, 4) is 0 Å². The minimum absolute atomic E-state index is 0.826. The topological polar surface area (TPSA) is 48.6 Å². The van der Waals surface area contributed by atoms with Crippen LogP contribution in [0.1, 0.15) is 16.7 Å². The zero-order valence-electron chi connectivity index (χ0n) is 8.31. The summed E-state index contributed by atoms with van der Waals surface area (Å²) in [6.07, 6.45) is 6.56. The molecule has 4 heteroatoms. The Morgan fingerprint density at radius 1 is 1.38 bits per heavy atom. The van der Waals surface area contributed by atoms with Gasteiger partial charge in [0.25, 0.3) is 0 Å². The summed E-state index contributed by atoms with van der Waals surface area (Å²) in [6.45, 7) is 0. The second-order valence-corrected chi connectivity index (χ2v) is 3.81. The summed E-state index contributed by atoms with van der Waals surface area (Å²) >= 11 is 2.15. The number of fused-ring (bicyclic) bond motifs is 1. The maximum Gasteiger partial charge on any atom is 0.0882 e. The molecule has 1 N–H and O–H groups in total.